The van der Waals surface area contributed by atoms with Gasteiger partial charge in [0.1, 0.15) is 6.10 Å². The zero-order valence-electron chi connectivity index (χ0n) is 7.17. The molecule has 1 aliphatic heterocycles. The molecule has 1 N–H and O–H groups in total. The van der Waals surface area contributed by atoms with Crippen molar-refractivity contribution in [2.75, 3.05) is 19.8 Å². The topological polar surface area (TPSA) is 42.0 Å². The Bertz CT molecular complexity index is 119. The van der Waals surface area contributed by atoms with Gasteiger partial charge in [-0.25, -0.2) is 0 Å². The normalized spacial score (nSPS) is 23.7. The van der Waals surface area contributed by atoms with Crippen molar-refractivity contribution in [1.29, 1.82) is 0 Å². The Balaban J connectivity index is 2.09. The van der Waals surface area contributed by atoms with Crippen LogP contribution in [0.2, 0.25) is 0 Å². The third-order valence-electron chi connectivity index (χ3n) is 1.78. The molecule has 1 heterocycles. The monoisotopic (exact) mass is 160 g/mol. The summed E-state index contributed by atoms with van der Waals surface area (Å²) in [5.41, 5.74) is -0.208. The van der Waals surface area contributed by atoms with Crippen LogP contribution in [0.25, 0.3) is 0 Å². The van der Waals surface area contributed by atoms with Crippen molar-refractivity contribution < 1.29 is 14.6 Å². The second-order valence-corrected chi connectivity index (χ2v) is 3.50. The van der Waals surface area contributed by atoms with Gasteiger partial charge in [-0.1, -0.05) is 0 Å². The summed E-state index contributed by atoms with van der Waals surface area (Å²) in [4.78, 5) is 0. The zero-order valence-corrected chi connectivity index (χ0v) is 7.17. The number of rotatable bonds is 5. The molecule has 0 spiro atoms. The fourth-order valence-electron chi connectivity index (χ4n) is 0.824. The minimum absolute atomic E-state index is 0.179. The van der Waals surface area contributed by atoms with Crippen LogP contribution in [-0.4, -0.2) is 36.6 Å². The van der Waals surface area contributed by atoms with E-state index in [-0.39, 0.29) is 12.2 Å². The summed E-state index contributed by atoms with van der Waals surface area (Å²) in [7, 11) is 0. The van der Waals surface area contributed by atoms with E-state index in [0.29, 0.717) is 19.1 Å². The van der Waals surface area contributed by atoms with Gasteiger partial charge in [0, 0.05) is 6.61 Å². The number of aliphatic hydroxyl groups is 1. The second-order valence-electron chi connectivity index (χ2n) is 3.50. The zero-order chi connectivity index (χ0) is 8.32. The molecule has 0 aliphatic carbocycles. The van der Waals surface area contributed by atoms with Crippen molar-refractivity contribution in [3.05, 3.63) is 0 Å². The molecule has 66 valence electrons. The summed E-state index contributed by atoms with van der Waals surface area (Å²) in [6.45, 7) is 5.62. The second kappa shape index (κ2) is 3.52. The molecular formula is C8H16O3. The summed E-state index contributed by atoms with van der Waals surface area (Å²) in [6, 6.07) is 0. The summed E-state index contributed by atoms with van der Waals surface area (Å²) in [6.07, 6.45) is 0.993. The smallest absolute Gasteiger partial charge is 0.104 e. The molecule has 0 amide bonds. The average molecular weight is 160 g/mol. The van der Waals surface area contributed by atoms with Crippen molar-refractivity contribution in [2.45, 2.75) is 32.0 Å². The highest BCUT2D eigenvalue weighted by molar-refractivity contribution is 4.73. The van der Waals surface area contributed by atoms with E-state index in [4.69, 9.17) is 14.6 Å². The summed E-state index contributed by atoms with van der Waals surface area (Å²) in [5, 5.41) is 8.67. The molecule has 1 unspecified atom stereocenters. The molecule has 1 atom stereocenters. The molecule has 11 heavy (non-hydrogen) atoms. The first-order valence-corrected chi connectivity index (χ1v) is 4.00. The summed E-state index contributed by atoms with van der Waals surface area (Å²) in [5.74, 6) is 0. The van der Waals surface area contributed by atoms with Gasteiger partial charge >= 0.3 is 0 Å². The van der Waals surface area contributed by atoms with E-state index in [1.807, 2.05) is 13.8 Å². The minimum atomic E-state index is -0.208. The molecular weight excluding hydrogens is 144 g/mol. The van der Waals surface area contributed by atoms with Gasteiger partial charge in [-0.15, -0.1) is 0 Å². The van der Waals surface area contributed by atoms with Crippen LogP contribution in [0.1, 0.15) is 20.3 Å². The van der Waals surface area contributed by atoms with E-state index >= 15 is 0 Å². The lowest BCUT2D eigenvalue weighted by atomic mass is 10.1. The summed E-state index contributed by atoms with van der Waals surface area (Å²) >= 11 is 0. The fraction of sp³-hybridized carbons (Fsp3) is 1.00. The highest BCUT2D eigenvalue weighted by Gasteiger charge is 2.26. The van der Waals surface area contributed by atoms with Crippen LogP contribution >= 0.6 is 0 Å². The van der Waals surface area contributed by atoms with Crippen molar-refractivity contribution in [3.63, 3.8) is 0 Å². The molecule has 0 aromatic heterocycles. The van der Waals surface area contributed by atoms with E-state index in [0.717, 1.165) is 6.61 Å². The highest BCUT2D eigenvalue weighted by atomic mass is 16.6. The standard InChI is InChI=1S/C8H16O3/c1-8(2,3-4-9)11-6-7-5-10-7/h7,9H,3-6H2,1-2H3. The molecule has 0 radical (unpaired) electrons. The number of hydrogen-bond donors (Lipinski definition) is 1. The highest BCUT2D eigenvalue weighted by Crippen LogP contribution is 2.17. The Kier molecular flexibility index (Phi) is 2.87. The molecule has 1 rings (SSSR count). The van der Waals surface area contributed by atoms with E-state index in [1.165, 1.54) is 0 Å². The van der Waals surface area contributed by atoms with Crippen LogP contribution in [0, 0.1) is 0 Å². The first-order valence-electron chi connectivity index (χ1n) is 4.00. The Morgan fingerprint density at radius 2 is 2.27 bits per heavy atom. The number of aliphatic hydroxyl groups excluding tert-OH is 1. The van der Waals surface area contributed by atoms with Crippen LogP contribution in [0.15, 0.2) is 0 Å². The van der Waals surface area contributed by atoms with Crippen molar-refractivity contribution in [3.8, 4) is 0 Å². The van der Waals surface area contributed by atoms with Gasteiger partial charge in [-0.2, -0.15) is 0 Å². The van der Waals surface area contributed by atoms with Crippen molar-refractivity contribution >= 4 is 0 Å². The van der Waals surface area contributed by atoms with E-state index < -0.39 is 0 Å². The minimum Gasteiger partial charge on any atom is -0.396 e. The lowest BCUT2D eigenvalue weighted by Crippen LogP contribution is -2.27. The molecule has 1 fully saturated rings. The largest absolute Gasteiger partial charge is 0.396 e. The molecule has 0 saturated carbocycles. The van der Waals surface area contributed by atoms with Gasteiger partial charge in [0.05, 0.1) is 18.8 Å². The number of epoxide rings is 1. The maximum atomic E-state index is 8.67. The molecule has 1 aliphatic rings. The quantitative estimate of drug-likeness (QED) is 0.598. The molecule has 0 bridgehead atoms. The third kappa shape index (κ3) is 3.70. The summed E-state index contributed by atoms with van der Waals surface area (Å²) < 4.78 is 10.5. The Labute approximate surface area is 67.3 Å². The Morgan fingerprint density at radius 1 is 1.64 bits per heavy atom. The molecule has 3 nitrogen and oxygen atoms in total. The van der Waals surface area contributed by atoms with Crippen LogP contribution in [0.3, 0.4) is 0 Å². The predicted molar refractivity (Wildman–Crippen MR) is 41.5 cm³/mol. The maximum absolute atomic E-state index is 8.67. The number of hydrogen-bond acceptors (Lipinski definition) is 3. The fourth-order valence-corrected chi connectivity index (χ4v) is 0.824. The maximum Gasteiger partial charge on any atom is 0.104 e. The van der Waals surface area contributed by atoms with E-state index in [1.54, 1.807) is 0 Å². The first-order chi connectivity index (χ1) is 5.14. The van der Waals surface area contributed by atoms with E-state index in [2.05, 4.69) is 0 Å². The molecule has 3 heteroatoms. The molecule has 0 aromatic carbocycles. The first kappa shape index (κ1) is 8.97. The van der Waals surface area contributed by atoms with Gasteiger partial charge in [-0.3, -0.25) is 0 Å². The lowest BCUT2D eigenvalue weighted by molar-refractivity contribution is -0.0385. The van der Waals surface area contributed by atoms with Gasteiger partial charge in [-0.05, 0) is 20.3 Å². The van der Waals surface area contributed by atoms with E-state index in [9.17, 15) is 0 Å². The van der Waals surface area contributed by atoms with Gasteiger partial charge in [0.2, 0.25) is 0 Å². The lowest BCUT2D eigenvalue weighted by Gasteiger charge is -2.23. The van der Waals surface area contributed by atoms with Gasteiger partial charge < -0.3 is 14.6 Å². The van der Waals surface area contributed by atoms with Gasteiger partial charge in [0.15, 0.2) is 0 Å². The van der Waals surface area contributed by atoms with Crippen molar-refractivity contribution in [1.82, 2.24) is 0 Å². The van der Waals surface area contributed by atoms with Crippen LogP contribution in [-0.2, 0) is 9.47 Å². The van der Waals surface area contributed by atoms with Crippen molar-refractivity contribution in [2.24, 2.45) is 0 Å². The Morgan fingerprint density at radius 3 is 2.73 bits per heavy atom. The van der Waals surface area contributed by atoms with Crippen LogP contribution in [0.4, 0.5) is 0 Å². The SMILES string of the molecule is CC(C)(CCO)OCC1CO1. The van der Waals surface area contributed by atoms with Crippen LogP contribution < -0.4 is 0 Å². The third-order valence-corrected chi connectivity index (χ3v) is 1.78. The Hall–Kier alpha value is -0.120. The molecule has 0 aromatic rings. The average Bonchev–Trinajstić information content (AvgIpc) is 2.65. The predicted octanol–water partition coefficient (Wildman–Crippen LogP) is 0.563. The number of ether oxygens (including phenoxy) is 2. The molecule has 1 saturated heterocycles. The van der Waals surface area contributed by atoms with Gasteiger partial charge in [0.25, 0.3) is 0 Å². The van der Waals surface area contributed by atoms with Crippen LogP contribution in [0.5, 0.6) is 0 Å².